The molecular formula is C14H20N2O9S2. The van der Waals surface area contributed by atoms with Gasteiger partial charge in [-0.1, -0.05) is 11.8 Å². The molecule has 0 aromatic rings. The van der Waals surface area contributed by atoms with E-state index in [1.54, 1.807) is 0 Å². The van der Waals surface area contributed by atoms with Gasteiger partial charge in [-0.3, -0.25) is 28.5 Å². The van der Waals surface area contributed by atoms with E-state index in [-0.39, 0.29) is 28.0 Å². The Labute approximate surface area is 159 Å². The molecule has 1 heterocycles. The molecule has 0 bridgehead atoms. The van der Waals surface area contributed by atoms with Gasteiger partial charge in [0.25, 0.3) is 10.1 Å². The molecule has 2 N–H and O–H groups in total. The third-order valence-corrected chi connectivity index (χ3v) is 5.50. The first-order valence-electron chi connectivity index (χ1n) is 7.71. The molecule has 11 nitrogen and oxygen atoms in total. The van der Waals surface area contributed by atoms with Crippen molar-refractivity contribution in [2.45, 2.75) is 56.6 Å². The number of carboxylic acid groups (broad SMARTS) is 1. The Morgan fingerprint density at radius 2 is 1.70 bits per heavy atom. The standard InChI is InChI=1S/C14H20N2O9S2/c1-8(17)26-14(2,3)7-11(20)16(15-9(18)4-5-10(15)19)12(6-13(21)22)27(23,24)25/h12H,4-7H2,1-3H3,(H,21,22)(H,23,24,25). The lowest BCUT2D eigenvalue weighted by Gasteiger charge is -2.36. The molecule has 152 valence electrons. The molecule has 1 atom stereocenters. The first kappa shape index (κ1) is 23.0. The number of hydrogen-bond acceptors (Lipinski definition) is 8. The van der Waals surface area contributed by atoms with E-state index in [2.05, 4.69) is 0 Å². The first-order chi connectivity index (χ1) is 12.2. The molecule has 0 aromatic heterocycles. The highest BCUT2D eigenvalue weighted by molar-refractivity contribution is 8.14. The summed E-state index contributed by atoms with van der Waals surface area (Å²) < 4.78 is 31.8. The largest absolute Gasteiger partial charge is 0.481 e. The zero-order chi connectivity index (χ0) is 21.2. The molecule has 1 rings (SSSR count). The van der Waals surface area contributed by atoms with E-state index in [0.29, 0.717) is 0 Å². The van der Waals surface area contributed by atoms with E-state index in [1.165, 1.54) is 20.8 Å². The van der Waals surface area contributed by atoms with Gasteiger partial charge in [0, 0.05) is 30.9 Å². The Morgan fingerprint density at radius 3 is 2.07 bits per heavy atom. The summed E-state index contributed by atoms with van der Waals surface area (Å²) in [7, 11) is -5.16. The van der Waals surface area contributed by atoms with Crippen LogP contribution in [0.3, 0.4) is 0 Å². The van der Waals surface area contributed by atoms with E-state index in [4.69, 9.17) is 5.11 Å². The summed E-state index contributed by atoms with van der Waals surface area (Å²) in [5.74, 6) is -4.57. The number of carbonyl (C=O) groups excluding carboxylic acids is 4. The van der Waals surface area contributed by atoms with Gasteiger partial charge in [0.05, 0.1) is 6.42 Å². The number of thioether (sulfide) groups is 1. The highest BCUT2D eigenvalue weighted by Crippen LogP contribution is 2.31. The van der Waals surface area contributed by atoms with Crippen LogP contribution in [0.5, 0.6) is 0 Å². The SMILES string of the molecule is CC(=O)SC(C)(C)CC(=O)N(C(CC(=O)O)S(=O)(=O)O)N1C(=O)CCC1=O. The Kier molecular flexibility index (Phi) is 7.13. The van der Waals surface area contributed by atoms with E-state index in [0.717, 1.165) is 11.8 Å². The summed E-state index contributed by atoms with van der Waals surface area (Å²) in [5.41, 5.74) is 0. The summed E-state index contributed by atoms with van der Waals surface area (Å²) in [5, 5.41) is 6.70. The highest BCUT2D eigenvalue weighted by Gasteiger charge is 2.46. The fraction of sp³-hybridized carbons (Fsp3) is 0.643. The average molecular weight is 424 g/mol. The predicted octanol–water partition coefficient (Wildman–Crippen LogP) is 0.0160. The number of amides is 3. The van der Waals surface area contributed by atoms with Crippen LogP contribution in [0.1, 0.15) is 46.5 Å². The second-order valence-corrected chi connectivity index (χ2v) is 9.89. The third kappa shape index (κ3) is 6.29. The van der Waals surface area contributed by atoms with Gasteiger partial charge in [0.15, 0.2) is 10.5 Å². The minimum Gasteiger partial charge on any atom is -0.481 e. The summed E-state index contributed by atoms with van der Waals surface area (Å²) in [6.07, 6.45) is -2.33. The van der Waals surface area contributed by atoms with Gasteiger partial charge in [-0.2, -0.15) is 13.4 Å². The number of aliphatic carboxylic acids is 1. The van der Waals surface area contributed by atoms with Gasteiger partial charge in [0.2, 0.25) is 17.7 Å². The molecule has 1 fully saturated rings. The van der Waals surface area contributed by atoms with Crippen LogP contribution >= 0.6 is 11.8 Å². The quantitative estimate of drug-likeness (QED) is 0.400. The van der Waals surface area contributed by atoms with Crippen molar-refractivity contribution < 1.29 is 42.0 Å². The number of imide groups is 1. The number of carboxylic acids is 1. The molecule has 0 spiro atoms. The van der Waals surface area contributed by atoms with Crippen molar-refractivity contribution in [2.24, 2.45) is 0 Å². The zero-order valence-electron chi connectivity index (χ0n) is 14.9. The van der Waals surface area contributed by atoms with Crippen molar-refractivity contribution in [1.82, 2.24) is 10.0 Å². The van der Waals surface area contributed by atoms with Crippen LogP contribution in [0.25, 0.3) is 0 Å². The molecule has 3 amide bonds. The molecule has 1 aliphatic heterocycles. The van der Waals surface area contributed by atoms with Crippen LogP contribution < -0.4 is 0 Å². The van der Waals surface area contributed by atoms with Crippen molar-refractivity contribution in [3.8, 4) is 0 Å². The lowest BCUT2D eigenvalue weighted by Crippen LogP contribution is -2.58. The molecule has 0 saturated carbocycles. The monoisotopic (exact) mass is 424 g/mol. The van der Waals surface area contributed by atoms with Gasteiger partial charge in [0.1, 0.15) is 0 Å². The Bertz CT molecular complexity index is 759. The zero-order valence-corrected chi connectivity index (χ0v) is 16.5. The van der Waals surface area contributed by atoms with Crippen molar-refractivity contribution in [2.75, 3.05) is 0 Å². The lowest BCUT2D eigenvalue weighted by molar-refractivity contribution is -0.171. The lowest BCUT2D eigenvalue weighted by atomic mass is 10.1. The second-order valence-electron chi connectivity index (χ2n) is 6.44. The maximum Gasteiger partial charge on any atom is 0.306 e. The van der Waals surface area contributed by atoms with Crippen LogP contribution in [-0.4, -0.2) is 67.0 Å². The molecule has 0 aromatic carbocycles. The van der Waals surface area contributed by atoms with E-state index in [9.17, 15) is 36.9 Å². The van der Waals surface area contributed by atoms with Crippen molar-refractivity contribution >= 4 is 50.7 Å². The molecule has 13 heteroatoms. The summed E-state index contributed by atoms with van der Waals surface area (Å²) in [4.78, 5) is 59.2. The number of nitrogens with zero attached hydrogens (tertiary/aromatic N) is 2. The van der Waals surface area contributed by atoms with Gasteiger partial charge >= 0.3 is 5.97 Å². The fourth-order valence-corrected chi connectivity index (χ4v) is 4.33. The highest BCUT2D eigenvalue weighted by atomic mass is 32.2. The van der Waals surface area contributed by atoms with Crippen molar-refractivity contribution in [1.29, 1.82) is 0 Å². The number of hydrogen-bond donors (Lipinski definition) is 2. The van der Waals surface area contributed by atoms with Gasteiger partial charge in [-0.15, -0.1) is 0 Å². The summed E-state index contributed by atoms with van der Waals surface area (Å²) in [6, 6.07) is 0. The number of hydrazine groups is 1. The van der Waals surface area contributed by atoms with Crippen LogP contribution in [0.15, 0.2) is 0 Å². The van der Waals surface area contributed by atoms with Crippen molar-refractivity contribution in [3.63, 3.8) is 0 Å². The molecular weight excluding hydrogens is 404 g/mol. The molecule has 0 aliphatic carbocycles. The third-order valence-electron chi connectivity index (χ3n) is 3.46. The Morgan fingerprint density at radius 1 is 1.22 bits per heavy atom. The molecule has 1 aliphatic rings. The number of rotatable bonds is 8. The smallest absolute Gasteiger partial charge is 0.306 e. The maximum atomic E-state index is 12.8. The van der Waals surface area contributed by atoms with E-state index in [1.807, 2.05) is 0 Å². The normalized spacial score (nSPS) is 16.4. The maximum absolute atomic E-state index is 12.8. The Balaban J connectivity index is 3.38. The first-order valence-corrected chi connectivity index (χ1v) is 10.0. The molecule has 0 radical (unpaired) electrons. The van der Waals surface area contributed by atoms with Gasteiger partial charge in [-0.05, 0) is 13.8 Å². The fourth-order valence-electron chi connectivity index (χ4n) is 2.54. The average Bonchev–Trinajstić information content (AvgIpc) is 2.75. The van der Waals surface area contributed by atoms with E-state index < -0.39 is 56.8 Å². The van der Waals surface area contributed by atoms with Gasteiger partial charge < -0.3 is 5.11 Å². The molecule has 27 heavy (non-hydrogen) atoms. The minimum atomic E-state index is -5.16. The molecule has 1 saturated heterocycles. The minimum absolute atomic E-state index is 0.184. The Hall–Kier alpha value is -1.99. The second kappa shape index (κ2) is 8.35. The van der Waals surface area contributed by atoms with Crippen LogP contribution in [-0.2, 0) is 34.1 Å². The predicted molar refractivity (Wildman–Crippen MR) is 92.5 cm³/mol. The number of carbonyl (C=O) groups is 5. The van der Waals surface area contributed by atoms with Crippen molar-refractivity contribution in [3.05, 3.63) is 0 Å². The van der Waals surface area contributed by atoms with E-state index >= 15 is 0 Å². The summed E-state index contributed by atoms with van der Waals surface area (Å²) >= 11 is 0.777. The van der Waals surface area contributed by atoms with Crippen LogP contribution in [0, 0.1) is 0 Å². The molecule has 1 unspecified atom stereocenters. The van der Waals surface area contributed by atoms with Crippen LogP contribution in [0.2, 0.25) is 0 Å². The van der Waals surface area contributed by atoms with Gasteiger partial charge in [-0.25, -0.2) is 5.01 Å². The summed E-state index contributed by atoms with van der Waals surface area (Å²) in [6.45, 7) is 4.26. The van der Waals surface area contributed by atoms with Crippen LogP contribution in [0.4, 0.5) is 0 Å². The topological polar surface area (TPSA) is 166 Å².